The summed E-state index contributed by atoms with van der Waals surface area (Å²) in [7, 11) is 1.60. The van der Waals surface area contributed by atoms with Crippen LogP contribution in [0.5, 0.6) is 5.75 Å². The molecule has 3 heteroatoms. The van der Waals surface area contributed by atoms with Gasteiger partial charge in [-0.15, -0.1) is 0 Å². The fourth-order valence-corrected chi connectivity index (χ4v) is 1.38. The lowest BCUT2D eigenvalue weighted by Gasteiger charge is -2.07. The van der Waals surface area contributed by atoms with Crippen LogP contribution in [0.15, 0.2) is 12.1 Å². The summed E-state index contributed by atoms with van der Waals surface area (Å²) in [5, 5.41) is 9.11. The van der Waals surface area contributed by atoms with Gasteiger partial charge in [-0.05, 0) is 30.2 Å². The third kappa shape index (κ3) is 2.13. The minimum absolute atomic E-state index is 0.337. The van der Waals surface area contributed by atoms with Crippen molar-refractivity contribution in [2.45, 2.75) is 13.3 Å². The van der Waals surface area contributed by atoms with Crippen LogP contribution in [0, 0.1) is 18.3 Å². The second-order valence-electron chi connectivity index (χ2n) is 2.75. The average Bonchev–Trinajstić information content (AvgIpc) is 2.11. The minimum Gasteiger partial charge on any atom is -0.496 e. The van der Waals surface area contributed by atoms with E-state index < -0.39 is 0 Å². The van der Waals surface area contributed by atoms with Crippen molar-refractivity contribution >= 4 is 11.6 Å². The number of hydrogen-bond donors (Lipinski definition) is 0. The molecule has 68 valence electrons. The maximum absolute atomic E-state index is 8.52. The summed E-state index contributed by atoms with van der Waals surface area (Å²) in [5.74, 6) is 0.756. The van der Waals surface area contributed by atoms with E-state index in [-0.39, 0.29) is 0 Å². The smallest absolute Gasteiger partial charge is 0.123 e. The molecular formula is C10H10ClNO. The predicted octanol–water partition coefficient (Wildman–Crippen LogP) is 2.72. The van der Waals surface area contributed by atoms with Gasteiger partial charge in [-0.1, -0.05) is 11.6 Å². The van der Waals surface area contributed by atoms with Crippen LogP contribution < -0.4 is 4.74 Å². The van der Waals surface area contributed by atoms with Crippen molar-refractivity contribution in [3.8, 4) is 11.8 Å². The van der Waals surface area contributed by atoms with Crippen LogP contribution in [-0.4, -0.2) is 7.11 Å². The number of nitriles is 1. The first-order valence-corrected chi connectivity index (χ1v) is 4.26. The number of methoxy groups -OCH3 is 1. The molecule has 0 spiro atoms. The summed E-state index contributed by atoms with van der Waals surface area (Å²) < 4.78 is 5.09. The van der Waals surface area contributed by atoms with Crippen LogP contribution >= 0.6 is 11.6 Å². The van der Waals surface area contributed by atoms with Gasteiger partial charge in [-0.2, -0.15) is 5.26 Å². The number of benzene rings is 1. The van der Waals surface area contributed by atoms with Crippen molar-refractivity contribution in [1.82, 2.24) is 0 Å². The van der Waals surface area contributed by atoms with E-state index in [4.69, 9.17) is 21.6 Å². The molecule has 13 heavy (non-hydrogen) atoms. The lowest BCUT2D eigenvalue weighted by Crippen LogP contribution is -1.91. The lowest BCUT2D eigenvalue weighted by molar-refractivity contribution is 0.411. The Balaban J connectivity index is 3.14. The van der Waals surface area contributed by atoms with Crippen molar-refractivity contribution in [3.63, 3.8) is 0 Å². The Morgan fingerprint density at radius 3 is 2.77 bits per heavy atom. The highest BCUT2D eigenvalue weighted by atomic mass is 35.5. The maximum atomic E-state index is 8.52. The van der Waals surface area contributed by atoms with Gasteiger partial charge in [0, 0.05) is 5.02 Å². The summed E-state index contributed by atoms with van der Waals surface area (Å²) in [6.45, 7) is 1.93. The van der Waals surface area contributed by atoms with Crippen LogP contribution in [0.2, 0.25) is 5.02 Å². The van der Waals surface area contributed by atoms with Gasteiger partial charge in [-0.3, -0.25) is 0 Å². The molecule has 1 aromatic carbocycles. The molecule has 0 amide bonds. The molecular weight excluding hydrogens is 186 g/mol. The van der Waals surface area contributed by atoms with E-state index in [1.807, 2.05) is 13.0 Å². The van der Waals surface area contributed by atoms with Crippen molar-refractivity contribution in [3.05, 3.63) is 28.3 Å². The first kappa shape index (κ1) is 9.88. The van der Waals surface area contributed by atoms with E-state index in [0.29, 0.717) is 11.4 Å². The summed E-state index contributed by atoms with van der Waals surface area (Å²) in [6.07, 6.45) is 0.337. The van der Waals surface area contributed by atoms with Gasteiger partial charge < -0.3 is 4.74 Å². The second kappa shape index (κ2) is 4.15. The van der Waals surface area contributed by atoms with E-state index in [1.165, 1.54) is 0 Å². The van der Waals surface area contributed by atoms with Gasteiger partial charge >= 0.3 is 0 Å². The Bertz CT molecular complexity index is 355. The molecule has 0 atom stereocenters. The standard InChI is InChI=1S/C10H10ClNO/c1-7-5-8(3-4-12)9(11)6-10(7)13-2/h5-6H,3H2,1-2H3. The topological polar surface area (TPSA) is 33.0 Å². The second-order valence-corrected chi connectivity index (χ2v) is 3.16. The highest BCUT2D eigenvalue weighted by Crippen LogP contribution is 2.26. The van der Waals surface area contributed by atoms with E-state index in [0.717, 1.165) is 16.9 Å². The van der Waals surface area contributed by atoms with E-state index in [2.05, 4.69) is 6.07 Å². The monoisotopic (exact) mass is 195 g/mol. The fraction of sp³-hybridized carbons (Fsp3) is 0.300. The molecule has 0 saturated heterocycles. The van der Waals surface area contributed by atoms with E-state index >= 15 is 0 Å². The van der Waals surface area contributed by atoms with Crippen molar-refractivity contribution in [1.29, 1.82) is 5.26 Å². The molecule has 0 saturated carbocycles. The molecule has 0 N–H and O–H groups in total. The van der Waals surface area contributed by atoms with Gasteiger partial charge in [-0.25, -0.2) is 0 Å². The maximum Gasteiger partial charge on any atom is 0.123 e. The summed E-state index contributed by atoms with van der Waals surface area (Å²) in [6, 6.07) is 5.68. The van der Waals surface area contributed by atoms with Gasteiger partial charge in [0.1, 0.15) is 5.75 Å². The third-order valence-corrected chi connectivity index (χ3v) is 2.19. The molecule has 2 nitrogen and oxygen atoms in total. The number of ether oxygens (including phenoxy) is 1. The summed E-state index contributed by atoms with van der Waals surface area (Å²) >= 11 is 5.93. The number of hydrogen-bond acceptors (Lipinski definition) is 2. The number of rotatable bonds is 2. The zero-order chi connectivity index (χ0) is 9.84. The molecule has 0 bridgehead atoms. The zero-order valence-corrected chi connectivity index (χ0v) is 8.35. The highest BCUT2D eigenvalue weighted by molar-refractivity contribution is 6.31. The van der Waals surface area contributed by atoms with Gasteiger partial charge in [0.15, 0.2) is 0 Å². The number of nitrogens with zero attached hydrogens (tertiary/aromatic N) is 1. The Morgan fingerprint density at radius 1 is 1.54 bits per heavy atom. The summed E-state index contributed by atoms with van der Waals surface area (Å²) in [5.41, 5.74) is 1.85. The normalized spacial score (nSPS) is 9.38. The molecule has 0 heterocycles. The zero-order valence-electron chi connectivity index (χ0n) is 7.60. The molecule has 0 unspecified atom stereocenters. The SMILES string of the molecule is COc1cc(Cl)c(CC#N)cc1C. The van der Waals surface area contributed by atoms with Crippen LogP contribution in [0.1, 0.15) is 11.1 Å². The largest absolute Gasteiger partial charge is 0.496 e. The van der Waals surface area contributed by atoms with E-state index in [1.54, 1.807) is 13.2 Å². The quantitative estimate of drug-likeness (QED) is 0.727. The van der Waals surface area contributed by atoms with Crippen molar-refractivity contribution < 1.29 is 4.74 Å². The van der Waals surface area contributed by atoms with Crippen LogP contribution in [0.25, 0.3) is 0 Å². The highest BCUT2D eigenvalue weighted by Gasteiger charge is 2.05. The van der Waals surface area contributed by atoms with Gasteiger partial charge in [0.2, 0.25) is 0 Å². The molecule has 0 aliphatic rings. The van der Waals surface area contributed by atoms with Crippen LogP contribution in [-0.2, 0) is 6.42 Å². The first-order chi connectivity index (χ1) is 6.19. The Morgan fingerprint density at radius 2 is 2.23 bits per heavy atom. The Labute approximate surface area is 82.7 Å². The van der Waals surface area contributed by atoms with Crippen molar-refractivity contribution in [2.75, 3.05) is 7.11 Å². The molecule has 0 fully saturated rings. The average molecular weight is 196 g/mol. The first-order valence-electron chi connectivity index (χ1n) is 3.89. The van der Waals surface area contributed by atoms with E-state index in [9.17, 15) is 0 Å². The third-order valence-electron chi connectivity index (χ3n) is 1.83. The van der Waals surface area contributed by atoms with Crippen molar-refractivity contribution in [2.24, 2.45) is 0 Å². The number of halogens is 1. The fourth-order valence-electron chi connectivity index (χ4n) is 1.16. The molecule has 1 rings (SSSR count). The van der Waals surface area contributed by atoms with Gasteiger partial charge in [0.05, 0.1) is 19.6 Å². The lowest BCUT2D eigenvalue weighted by atomic mass is 10.1. The molecule has 0 radical (unpaired) electrons. The van der Waals surface area contributed by atoms with Gasteiger partial charge in [0.25, 0.3) is 0 Å². The molecule has 0 aromatic heterocycles. The summed E-state index contributed by atoms with van der Waals surface area (Å²) in [4.78, 5) is 0. The predicted molar refractivity (Wildman–Crippen MR) is 52.1 cm³/mol. The minimum atomic E-state index is 0.337. The van der Waals surface area contributed by atoms with Crippen LogP contribution in [0.3, 0.4) is 0 Å². The Kier molecular flexibility index (Phi) is 3.16. The van der Waals surface area contributed by atoms with Crippen LogP contribution in [0.4, 0.5) is 0 Å². The molecule has 0 aliphatic carbocycles. The molecule has 1 aromatic rings. The Hall–Kier alpha value is -1.20. The molecule has 0 aliphatic heterocycles. The number of aryl methyl sites for hydroxylation is 1.